The maximum absolute atomic E-state index is 6.52. The first-order valence-corrected chi connectivity index (χ1v) is 18.3. The number of fused-ring (bicyclic) bond motifs is 5. The molecule has 1 aliphatic heterocycles. The zero-order valence-corrected chi connectivity index (χ0v) is 29.0. The first kappa shape index (κ1) is 30.2. The highest BCUT2D eigenvalue weighted by Crippen LogP contribution is 2.51. The normalized spacial score (nSPS) is 12.0. The Morgan fingerprint density at radius 3 is 1.71 bits per heavy atom. The Bertz CT molecular complexity index is 2700. The third-order valence-corrected chi connectivity index (χ3v) is 11.0. The second-order valence-electron chi connectivity index (χ2n) is 13.0. The van der Waals surface area contributed by atoms with Crippen molar-refractivity contribution in [3.05, 3.63) is 194 Å². The van der Waals surface area contributed by atoms with E-state index in [1.165, 1.54) is 31.3 Å². The van der Waals surface area contributed by atoms with E-state index in [4.69, 9.17) is 4.74 Å². The van der Waals surface area contributed by atoms with Gasteiger partial charge in [0.05, 0.1) is 11.4 Å². The first-order chi connectivity index (χ1) is 25.8. The molecule has 0 atom stereocenters. The van der Waals surface area contributed by atoms with Crippen molar-refractivity contribution in [2.24, 2.45) is 0 Å². The van der Waals surface area contributed by atoms with Crippen LogP contribution in [0.15, 0.2) is 194 Å². The fourth-order valence-electron chi connectivity index (χ4n) is 7.33. The summed E-state index contributed by atoms with van der Waals surface area (Å²) in [6.07, 6.45) is 0. The van der Waals surface area contributed by atoms with Crippen LogP contribution in [0.2, 0.25) is 0 Å². The van der Waals surface area contributed by atoms with Gasteiger partial charge in [-0.25, -0.2) is 0 Å². The van der Waals surface area contributed by atoms with Crippen molar-refractivity contribution in [2.45, 2.75) is 0 Å². The van der Waals surface area contributed by atoms with E-state index in [1.54, 1.807) is 0 Å². The zero-order valence-electron chi connectivity index (χ0n) is 28.2. The third kappa shape index (κ3) is 5.29. The van der Waals surface area contributed by atoms with Crippen LogP contribution >= 0.6 is 11.3 Å². The summed E-state index contributed by atoms with van der Waals surface area (Å²) in [5.41, 5.74) is 11.1. The maximum atomic E-state index is 6.52. The minimum absolute atomic E-state index is 0.834. The molecular formula is C48H32N2OS. The molecule has 0 unspecified atom stereocenters. The standard InChI is InChI=1S/C48H32N2OS/c1-3-11-33(12-4-1)34-19-24-38(25-20-34)49(40-28-30-48-42(32-40)41-15-7-10-18-47(41)52-48)39-26-21-35(22-27-39)36-23-29-44-46(31-36)51-45-17-9-8-16-43(45)50(44)37-13-5-2-6-14-37/h1-32H. The molecule has 246 valence electrons. The molecule has 0 saturated heterocycles. The Hall–Kier alpha value is -6.62. The van der Waals surface area contributed by atoms with Gasteiger partial charge in [0.15, 0.2) is 11.5 Å². The Labute approximate surface area is 306 Å². The number of rotatable bonds is 6. The molecule has 1 aromatic heterocycles. The van der Waals surface area contributed by atoms with Crippen LogP contribution < -0.4 is 14.5 Å². The minimum atomic E-state index is 0.834. The summed E-state index contributed by atoms with van der Waals surface area (Å²) in [5, 5.41) is 2.57. The molecule has 10 rings (SSSR count). The summed E-state index contributed by atoms with van der Waals surface area (Å²) >= 11 is 1.85. The number of hydrogen-bond donors (Lipinski definition) is 0. The molecule has 0 N–H and O–H groups in total. The average molecular weight is 685 g/mol. The Morgan fingerprint density at radius 1 is 0.385 bits per heavy atom. The lowest BCUT2D eigenvalue weighted by atomic mass is 10.0. The van der Waals surface area contributed by atoms with E-state index in [0.717, 1.165) is 56.8 Å². The lowest BCUT2D eigenvalue weighted by Crippen LogP contribution is -2.15. The summed E-state index contributed by atoms with van der Waals surface area (Å²) in [6, 6.07) is 69.1. The largest absolute Gasteiger partial charge is 0.453 e. The molecule has 3 nitrogen and oxygen atoms in total. The molecule has 1 aliphatic rings. The van der Waals surface area contributed by atoms with Gasteiger partial charge in [-0.3, -0.25) is 0 Å². The summed E-state index contributed by atoms with van der Waals surface area (Å²) in [4.78, 5) is 4.63. The highest BCUT2D eigenvalue weighted by atomic mass is 32.1. The van der Waals surface area contributed by atoms with Crippen LogP contribution in [0.25, 0.3) is 42.4 Å². The summed E-state index contributed by atoms with van der Waals surface area (Å²) < 4.78 is 9.12. The van der Waals surface area contributed by atoms with Crippen LogP contribution in [0.3, 0.4) is 0 Å². The van der Waals surface area contributed by atoms with E-state index in [0.29, 0.717) is 0 Å². The van der Waals surface area contributed by atoms with Crippen LogP contribution in [0.4, 0.5) is 34.1 Å². The molecule has 4 heteroatoms. The quantitative estimate of drug-likeness (QED) is 0.173. The van der Waals surface area contributed by atoms with Gasteiger partial charge in [-0.1, -0.05) is 109 Å². The van der Waals surface area contributed by atoms with Crippen molar-refractivity contribution >= 4 is 65.6 Å². The van der Waals surface area contributed by atoms with Gasteiger partial charge >= 0.3 is 0 Å². The van der Waals surface area contributed by atoms with Crippen LogP contribution in [0.1, 0.15) is 0 Å². The van der Waals surface area contributed by atoms with E-state index in [2.05, 4.69) is 186 Å². The van der Waals surface area contributed by atoms with Crippen molar-refractivity contribution in [2.75, 3.05) is 9.80 Å². The topological polar surface area (TPSA) is 15.7 Å². The number of para-hydroxylation sites is 3. The molecule has 8 aromatic carbocycles. The van der Waals surface area contributed by atoms with Crippen molar-refractivity contribution in [3.63, 3.8) is 0 Å². The van der Waals surface area contributed by atoms with Gasteiger partial charge in [-0.2, -0.15) is 0 Å². The number of anilines is 6. The lowest BCUT2D eigenvalue weighted by molar-refractivity contribution is 0.477. The highest BCUT2D eigenvalue weighted by Gasteiger charge is 2.26. The van der Waals surface area contributed by atoms with Crippen LogP contribution in [0.5, 0.6) is 11.5 Å². The Morgan fingerprint density at radius 2 is 0.942 bits per heavy atom. The predicted octanol–water partition coefficient (Wildman–Crippen LogP) is 14.4. The molecular weight excluding hydrogens is 653 g/mol. The molecule has 2 heterocycles. The number of nitrogens with zero attached hydrogens (tertiary/aromatic N) is 2. The minimum Gasteiger partial charge on any atom is -0.453 e. The van der Waals surface area contributed by atoms with E-state index in [-0.39, 0.29) is 0 Å². The number of ether oxygens (including phenoxy) is 1. The Balaban J connectivity index is 1.04. The van der Waals surface area contributed by atoms with Gasteiger partial charge in [0, 0.05) is 42.9 Å². The van der Waals surface area contributed by atoms with Gasteiger partial charge in [-0.05, 0) is 107 Å². The molecule has 52 heavy (non-hydrogen) atoms. The van der Waals surface area contributed by atoms with Crippen molar-refractivity contribution in [3.8, 4) is 33.8 Å². The average Bonchev–Trinajstić information content (AvgIpc) is 3.59. The fraction of sp³-hybridized carbons (Fsp3) is 0. The number of hydrogen-bond acceptors (Lipinski definition) is 4. The molecule has 0 amide bonds. The van der Waals surface area contributed by atoms with E-state index in [1.807, 2.05) is 29.5 Å². The molecule has 0 saturated carbocycles. The van der Waals surface area contributed by atoms with Gasteiger partial charge < -0.3 is 14.5 Å². The van der Waals surface area contributed by atoms with Gasteiger partial charge in [0.1, 0.15) is 0 Å². The van der Waals surface area contributed by atoms with Gasteiger partial charge in [0.2, 0.25) is 0 Å². The lowest BCUT2D eigenvalue weighted by Gasteiger charge is -2.33. The van der Waals surface area contributed by atoms with Gasteiger partial charge in [-0.15, -0.1) is 11.3 Å². The van der Waals surface area contributed by atoms with Crippen molar-refractivity contribution in [1.29, 1.82) is 0 Å². The molecule has 0 fully saturated rings. The zero-order chi connectivity index (χ0) is 34.4. The second-order valence-corrected chi connectivity index (χ2v) is 14.1. The van der Waals surface area contributed by atoms with Crippen molar-refractivity contribution < 1.29 is 4.74 Å². The Kier molecular flexibility index (Phi) is 7.33. The highest BCUT2D eigenvalue weighted by molar-refractivity contribution is 7.25. The van der Waals surface area contributed by atoms with Crippen LogP contribution in [0, 0.1) is 0 Å². The maximum Gasteiger partial charge on any atom is 0.152 e. The number of thiophene rings is 1. The smallest absolute Gasteiger partial charge is 0.152 e. The number of benzene rings is 8. The third-order valence-electron chi connectivity index (χ3n) is 9.85. The first-order valence-electron chi connectivity index (χ1n) is 17.5. The molecule has 0 bridgehead atoms. The monoisotopic (exact) mass is 684 g/mol. The van der Waals surface area contributed by atoms with E-state index < -0.39 is 0 Å². The van der Waals surface area contributed by atoms with E-state index in [9.17, 15) is 0 Å². The summed E-state index contributed by atoms with van der Waals surface area (Å²) in [6.45, 7) is 0. The molecule has 0 spiro atoms. The van der Waals surface area contributed by atoms with Gasteiger partial charge in [0.25, 0.3) is 0 Å². The SMILES string of the molecule is c1ccc(-c2ccc(N(c3ccc(-c4ccc5c(c4)Oc4ccccc4N5c4ccccc4)cc3)c3ccc4sc5ccccc5c4c3)cc2)cc1. The summed E-state index contributed by atoms with van der Waals surface area (Å²) in [7, 11) is 0. The van der Waals surface area contributed by atoms with Crippen LogP contribution in [-0.4, -0.2) is 0 Å². The van der Waals surface area contributed by atoms with Crippen LogP contribution in [-0.2, 0) is 0 Å². The van der Waals surface area contributed by atoms with E-state index >= 15 is 0 Å². The second kappa shape index (κ2) is 12.6. The summed E-state index contributed by atoms with van der Waals surface area (Å²) in [5.74, 6) is 1.68. The predicted molar refractivity (Wildman–Crippen MR) is 220 cm³/mol. The molecule has 9 aromatic rings. The fourth-order valence-corrected chi connectivity index (χ4v) is 8.42. The van der Waals surface area contributed by atoms with Crippen molar-refractivity contribution in [1.82, 2.24) is 0 Å². The molecule has 0 radical (unpaired) electrons. The molecule has 0 aliphatic carbocycles.